The van der Waals surface area contributed by atoms with E-state index in [-0.39, 0.29) is 11.3 Å². The quantitative estimate of drug-likeness (QED) is 0.622. The van der Waals surface area contributed by atoms with Gasteiger partial charge < -0.3 is 10.8 Å². The maximum Gasteiger partial charge on any atom is 0.105 e. The standard InChI is InChI=1S/C12H27NO/c1-5-8-10(11(13)14)12(4,7-3)9-6-2/h10-11,14H,5-9,13H2,1-4H3. The molecule has 0 fully saturated rings. The van der Waals surface area contributed by atoms with E-state index < -0.39 is 6.23 Å². The molecule has 0 bridgehead atoms. The summed E-state index contributed by atoms with van der Waals surface area (Å²) < 4.78 is 0. The molecule has 0 aliphatic carbocycles. The van der Waals surface area contributed by atoms with Gasteiger partial charge in [0.05, 0.1) is 0 Å². The molecule has 86 valence electrons. The highest BCUT2D eigenvalue weighted by Crippen LogP contribution is 2.39. The SMILES string of the molecule is CCCC(C(N)O)C(C)(CC)CCC. The van der Waals surface area contributed by atoms with Crippen molar-refractivity contribution in [2.24, 2.45) is 17.1 Å². The van der Waals surface area contributed by atoms with Crippen LogP contribution < -0.4 is 5.73 Å². The summed E-state index contributed by atoms with van der Waals surface area (Å²) in [5.74, 6) is 0.248. The minimum Gasteiger partial charge on any atom is -0.379 e. The number of aliphatic hydroxyl groups is 1. The Labute approximate surface area is 88.9 Å². The van der Waals surface area contributed by atoms with Gasteiger partial charge in [0.2, 0.25) is 0 Å². The summed E-state index contributed by atoms with van der Waals surface area (Å²) in [5.41, 5.74) is 5.88. The van der Waals surface area contributed by atoms with E-state index in [0.717, 1.165) is 32.1 Å². The second-order valence-electron chi connectivity index (χ2n) is 4.64. The van der Waals surface area contributed by atoms with Gasteiger partial charge in [0, 0.05) is 5.92 Å². The minimum absolute atomic E-state index is 0.207. The fourth-order valence-corrected chi connectivity index (χ4v) is 2.44. The lowest BCUT2D eigenvalue weighted by atomic mass is 9.69. The molecule has 0 aromatic rings. The van der Waals surface area contributed by atoms with Crippen LogP contribution in [0.4, 0.5) is 0 Å². The molecule has 0 aliphatic heterocycles. The Morgan fingerprint density at radius 3 is 2.07 bits per heavy atom. The summed E-state index contributed by atoms with van der Waals surface area (Å²) >= 11 is 0. The van der Waals surface area contributed by atoms with Gasteiger partial charge in [0.25, 0.3) is 0 Å². The van der Waals surface area contributed by atoms with Crippen LogP contribution in [0.3, 0.4) is 0 Å². The monoisotopic (exact) mass is 201 g/mol. The minimum atomic E-state index is -0.661. The van der Waals surface area contributed by atoms with Crippen LogP contribution >= 0.6 is 0 Å². The first-order valence-electron chi connectivity index (χ1n) is 5.95. The van der Waals surface area contributed by atoms with Crippen LogP contribution in [-0.2, 0) is 0 Å². The van der Waals surface area contributed by atoms with Crippen molar-refractivity contribution in [1.29, 1.82) is 0 Å². The molecule has 0 aromatic carbocycles. The van der Waals surface area contributed by atoms with Gasteiger partial charge in [-0.15, -0.1) is 0 Å². The number of hydrogen-bond acceptors (Lipinski definition) is 2. The molecular formula is C12H27NO. The first-order valence-corrected chi connectivity index (χ1v) is 5.95. The number of hydrogen-bond donors (Lipinski definition) is 2. The molecule has 2 heteroatoms. The number of nitrogens with two attached hydrogens (primary N) is 1. The molecule has 0 amide bonds. The van der Waals surface area contributed by atoms with Crippen molar-refractivity contribution in [2.75, 3.05) is 0 Å². The molecule has 0 rings (SSSR count). The fourth-order valence-electron chi connectivity index (χ4n) is 2.44. The van der Waals surface area contributed by atoms with Crippen molar-refractivity contribution in [2.45, 2.75) is 66.0 Å². The second-order valence-corrected chi connectivity index (χ2v) is 4.64. The van der Waals surface area contributed by atoms with E-state index in [1.54, 1.807) is 0 Å². The summed E-state index contributed by atoms with van der Waals surface area (Å²) in [6.45, 7) is 8.80. The molecule has 3 N–H and O–H groups in total. The highest BCUT2D eigenvalue weighted by Gasteiger charge is 2.34. The Balaban J connectivity index is 4.55. The lowest BCUT2D eigenvalue weighted by molar-refractivity contribution is 0.0147. The molecule has 0 aromatic heterocycles. The lowest BCUT2D eigenvalue weighted by Crippen LogP contribution is -2.40. The van der Waals surface area contributed by atoms with Gasteiger partial charge in [0.1, 0.15) is 6.23 Å². The zero-order valence-electron chi connectivity index (χ0n) is 10.2. The highest BCUT2D eigenvalue weighted by molar-refractivity contribution is 4.83. The van der Waals surface area contributed by atoms with E-state index in [2.05, 4.69) is 27.7 Å². The summed E-state index contributed by atoms with van der Waals surface area (Å²) in [4.78, 5) is 0. The Morgan fingerprint density at radius 2 is 1.79 bits per heavy atom. The normalized spacial score (nSPS) is 20.1. The third kappa shape index (κ3) is 3.58. The van der Waals surface area contributed by atoms with Crippen molar-refractivity contribution in [3.8, 4) is 0 Å². The van der Waals surface area contributed by atoms with Crippen LogP contribution in [0, 0.1) is 11.3 Å². The lowest BCUT2D eigenvalue weighted by Gasteiger charge is -2.38. The number of rotatable bonds is 7. The van der Waals surface area contributed by atoms with Crippen molar-refractivity contribution >= 4 is 0 Å². The van der Waals surface area contributed by atoms with Crippen LogP contribution in [-0.4, -0.2) is 11.3 Å². The van der Waals surface area contributed by atoms with Gasteiger partial charge >= 0.3 is 0 Å². The fraction of sp³-hybridized carbons (Fsp3) is 1.00. The maximum atomic E-state index is 9.61. The molecule has 2 nitrogen and oxygen atoms in total. The first-order chi connectivity index (χ1) is 6.51. The maximum absolute atomic E-state index is 9.61. The van der Waals surface area contributed by atoms with Crippen LogP contribution in [0.15, 0.2) is 0 Å². The van der Waals surface area contributed by atoms with Crippen LogP contribution in [0.5, 0.6) is 0 Å². The van der Waals surface area contributed by atoms with Crippen LogP contribution in [0.1, 0.15) is 59.8 Å². The van der Waals surface area contributed by atoms with Crippen molar-refractivity contribution < 1.29 is 5.11 Å². The molecule has 0 saturated heterocycles. The van der Waals surface area contributed by atoms with E-state index in [9.17, 15) is 5.11 Å². The predicted octanol–water partition coefficient (Wildman–Crippen LogP) is 2.90. The zero-order chi connectivity index (χ0) is 11.2. The van der Waals surface area contributed by atoms with Crippen molar-refractivity contribution in [1.82, 2.24) is 0 Å². The van der Waals surface area contributed by atoms with Crippen LogP contribution in [0.2, 0.25) is 0 Å². The summed E-state index contributed by atoms with van der Waals surface area (Å²) in [5, 5.41) is 9.61. The topological polar surface area (TPSA) is 46.2 Å². The average molecular weight is 201 g/mol. The predicted molar refractivity (Wildman–Crippen MR) is 61.9 cm³/mol. The Morgan fingerprint density at radius 1 is 1.21 bits per heavy atom. The molecule has 3 atom stereocenters. The van der Waals surface area contributed by atoms with Gasteiger partial charge in [-0.2, -0.15) is 0 Å². The molecule has 0 heterocycles. The van der Waals surface area contributed by atoms with E-state index in [1.165, 1.54) is 0 Å². The van der Waals surface area contributed by atoms with Gasteiger partial charge in [-0.3, -0.25) is 0 Å². The molecule has 0 spiro atoms. The molecule has 0 radical (unpaired) electrons. The summed E-state index contributed by atoms with van der Waals surface area (Å²) in [7, 11) is 0. The molecule has 3 unspecified atom stereocenters. The third-order valence-corrected chi connectivity index (χ3v) is 3.54. The van der Waals surface area contributed by atoms with Crippen LogP contribution in [0.25, 0.3) is 0 Å². The third-order valence-electron chi connectivity index (χ3n) is 3.54. The van der Waals surface area contributed by atoms with E-state index >= 15 is 0 Å². The smallest absolute Gasteiger partial charge is 0.105 e. The van der Waals surface area contributed by atoms with Gasteiger partial charge in [-0.1, -0.05) is 47.0 Å². The van der Waals surface area contributed by atoms with Crippen molar-refractivity contribution in [3.63, 3.8) is 0 Å². The zero-order valence-corrected chi connectivity index (χ0v) is 10.2. The Hall–Kier alpha value is -0.0800. The number of aliphatic hydroxyl groups excluding tert-OH is 1. The molecule has 0 saturated carbocycles. The van der Waals surface area contributed by atoms with Gasteiger partial charge in [-0.25, -0.2) is 0 Å². The average Bonchev–Trinajstić information content (AvgIpc) is 2.14. The summed E-state index contributed by atoms with van der Waals surface area (Å²) in [6.07, 6.45) is 4.88. The molecular weight excluding hydrogens is 174 g/mol. The molecule has 14 heavy (non-hydrogen) atoms. The van der Waals surface area contributed by atoms with Crippen molar-refractivity contribution in [3.05, 3.63) is 0 Å². The highest BCUT2D eigenvalue weighted by atomic mass is 16.3. The second kappa shape index (κ2) is 6.41. The molecule has 0 aliphatic rings. The summed E-state index contributed by atoms with van der Waals surface area (Å²) in [6, 6.07) is 0. The van der Waals surface area contributed by atoms with E-state index in [1.807, 2.05) is 0 Å². The van der Waals surface area contributed by atoms with E-state index in [0.29, 0.717) is 0 Å². The first kappa shape index (κ1) is 13.9. The van der Waals surface area contributed by atoms with Gasteiger partial charge in [0.15, 0.2) is 0 Å². The largest absolute Gasteiger partial charge is 0.379 e. The van der Waals surface area contributed by atoms with E-state index in [4.69, 9.17) is 5.73 Å². The Kier molecular flexibility index (Phi) is 6.38. The van der Waals surface area contributed by atoms with Gasteiger partial charge in [-0.05, 0) is 18.3 Å². The Bertz CT molecular complexity index is 147.